The highest BCUT2D eigenvalue weighted by Gasteiger charge is 2.29. The smallest absolute Gasteiger partial charge is 0.257 e. The lowest BCUT2D eigenvalue weighted by Crippen LogP contribution is -2.33. The van der Waals surface area contributed by atoms with Crippen LogP contribution < -0.4 is 9.47 Å². The fourth-order valence-corrected chi connectivity index (χ4v) is 3.05. The topological polar surface area (TPSA) is 59.0 Å². The lowest BCUT2D eigenvalue weighted by molar-refractivity contribution is 0.0437. The summed E-state index contributed by atoms with van der Waals surface area (Å²) in [5, 5.41) is 10.2. The van der Waals surface area contributed by atoms with Gasteiger partial charge >= 0.3 is 0 Å². The lowest BCUT2D eigenvalue weighted by atomic mass is 9.98. The van der Waals surface area contributed by atoms with Crippen molar-refractivity contribution in [2.75, 3.05) is 26.8 Å². The number of rotatable bonds is 5. The highest BCUT2D eigenvalue weighted by atomic mass is 16.5. The van der Waals surface area contributed by atoms with Crippen molar-refractivity contribution in [3.8, 4) is 11.5 Å². The third-order valence-electron chi connectivity index (χ3n) is 4.94. The minimum atomic E-state index is -0.680. The maximum Gasteiger partial charge on any atom is 0.257 e. The van der Waals surface area contributed by atoms with Crippen LogP contribution >= 0.6 is 0 Å². The van der Waals surface area contributed by atoms with Crippen LogP contribution in [0.1, 0.15) is 49.4 Å². The molecule has 0 radical (unpaired) electrons. The van der Waals surface area contributed by atoms with E-state index in [1.807, 2.05) is 11.8 Å². The monoisotopic (exact) mass is 333 g/mol. The van der Waals surface area contributed by atoms with Gasteiger partial charge in [0.2, 0.25) is 0 Å². The van der Waals surface area contributed by atoms with Gasteiger partial charge in [0.1, 0.15) is 11.5 Å². The number of benzene rings is 1. The van der Waals surface area contributed by atoms with Crippen LogP contribution in [-0.2, 0) is 0 Å². The van der Waals surface area contributed by atoms with Gasteiger partial charge in [-0.2, -0.15) is 0 Å². The molecule has 1 heterocycles. The van der Waals surface area contributed by atoms with Crippen LogP contribution in [0.4, 0.5) is 0 Å². The van der Waals surface area contributed by atoms with E-state index in [4.69, 9.17) is 9.47 Å². The first-order valence-corrected chi connectivity index (χ1v) is 8.81. The van der Waals surface area contributed by atoms with Gasteiger partial charge < -0.3 is 19.5 Å². The highest BCUT2D eigenvalue weighted by molar-refractivity contribution is 5.97. The Bertz CT molecular complexity index is 595. The molecule has 0 spiro atoms. The first-order chi connectivity index (χ1) is 11.5. The van der Waals surface area contributed by atoms with Gasteiger partial charge in [-0.1, -0.05) is 0 Å². The molecule has 24 heavy (non-hydrogen) atoms. The molecule has 1 N–H and O–H groups in total. The van der Waals surface area contributed by atoms with Crippen LogP contribution in [0.15, 0.2) is 18.2 Å². The molecule has 5 heteroatoms. The van der Waals surface area contributed by atoms with Crippen LogP contribution in [0.2, 0.25) is 0 Å². The number of amides is 1. The fourth-order valence-electron chi connectivity index (χ4n) is 3.05. The predicted molar refractivity (Wildman–Crippen MR) is 91.6 cm³/mol. The number of ether oxygens (including phenoxy) is 2. The zero-order valence-corrected chi connectivity index (χ0v) is 14.6. The summed E-state index contributed by atoms with van der Waals surface area (Å²) in [6.45, 7) is 3.74. The van der Waals surface area contributed by atoms with Crippen molar-refractivity contribution < 1.29 is 19.4 Å². The predicted octanol–water partition coefficient (Wildman–Crippen LogP) is 2.86. The van der Waals surface area contributed by atoms with Crippen molar-refractivity contribution in [3.05, 3.63) is 23.8 Å². The third kappa shape index (κ3) is 4.20. The number of hydrogen-bond acceptors (Lipinski definition) is 4. The summed E-state index contributed by atoms with van der Waals surface area (Å²) in [5.41, 5.74) is -0.0988. The molecule has 1 atom stereocenters. The van der Waals surface area contributed by atoms with Gasteiger partial charge in [0.15, 0.2) is 0 Å². The molecule has 2 fully saturated rings. The second-order valence-corrected chi connectivity index (χ2v) is 7.26. The molecule has 1 amide bonds. The summed E-state index contributed by atoms with van der Waals surface area (Å²) in [6, 6.07) is 5.38. The Morgan fingerprint density at radius 3 is 2.83 bits per heavy atom. The zero-order valence-electron chi connectivity index (χ0n) is 14.6. The molecule has 1 unspecified atom stereocenters. The molecule has 0 bridgehead atoms. The third-order valence-corrected chi connectivity index (χ3v) is 4.94. The largest absolute Gasteiger partial charge is 0.497 e. The van der Waals surface area contributed by atoms with Crippen LogP contribution in [0.25, 0.3) is 0 Å². The summed E-state index contributed by atoms with van der Waals surface area (Å²) in [5.74, 6) is 1.88. The van der Waals surface area contributed by atoms with Gasteiger partial charge in [0.25, 0.3) is 5.91 Å². The number of nitrogens with zero attached hydrogens (tertiary/aromatic N) is 1. The lowest BCUT2D eigenvalue weighted by Gasteiger charge is -2.23. The van der Waals surface area contributed by atoms with E-state index in [2.05, 4.69) is 0 Å². The molecule has 2 aliphatic rings. The molecule has 1 aliphatic heterocycles. The second kappa shape index (κ2) is 7.01. The van der Waals surface area contributed by atoms with Gasteiger partial charge in [-0.05, 0) is 57.1 Å². The number of aliphatic hydroxyl groups is 1. The van der Waals surface area contributed by atoms with Crippen molar-refractivity contribution in [3.63, 3.8) is 0 Å². The summed E-state index contributed by atoms with van der Waals surface area (Å²) >= 11 is 0. The Hall–Kier alpha value is -1.75. The quantitative estimate of drug-likeness (QED) is 0.900. The van der Waals surface area contributed by atoms with E-state index in [1.54, 1.807) is 25.3 Å². The molecule has 5 nitrogen and oxygen atoms in total. The Labute approximate surface area is 143 Å². The normalized spacial score (nSPS) is 24.4. The van der Waals surface area contributed by atoms with Crippen molar-refractivity contribution >= 4 is 5.91 Å². The maximum atomic E-state index is 13.0. The molecule has 3 rings (SSSR count). The van der Waals surface area contributed by atoms with E-state index in [0.29, 0.717) is 49.1 Å². The molecule has 0 aromatic heterocycles. The summed E-state index contributed by atoms with van der Waals surface area (Å²) in [6.07, 6.45) is 4.55. The maximum absolute atomic E-state index is 13.0. The number of likely N-dealkylation sites (tertiary alicyclic amines) is 1. The highest BCUT2D eigenvalue weighted by Crippen LogP contribution is 2.32. The standard InChI is InChI=1S/C19H27NO4/c1-19(22)8-3-10-20(11-9-19)18(21)16-7-6-15(23-2)12-17(16)24-13-14-4-5-14/h6-7,12,14,22H,3-5,8-11,13H2,1-2H3. The van der Waals surface area contributed by atoms with E-state index >= 15 is 0 Å². The first kappa shape index (κ1) is 17.1. The van der Waals surface area contributed by atoms with Crippen LogP contribution in [0.5, 0.6) is 11.5 Å². The Balaban J connectivity index is 1.77. The molecule has 1 aromatic carbocycles. The Kier molecular flexibility index (Phi) is 4.99. The summed E-state index contributed by atoms with van der Waals surface area (Å²) < 4.78 is 11.2. The molecule has 132 valence electrons. The first-order valence-electron chi connectivity index (χ1n) is 8.81. The molecule has 1 saturated carbocycles. The number of methoxy groups -OCH3 is 1. The van der Waals surface area contributed by atoms with Crippen molar-refractivity contribution in [2.45, 2.75) is 44.6 Å². The average molecular weight is 333 g/mol. The minimum absolute atomic E-state index is 0.0267. The fraction of sp³-hybridized carbons (Fsp3) is 0.632. The summed E-state index contributed by atoms with van der Waals surface area (Å²) in [7, 11) is 1.61. The van der Waals surface area contributed by atoms with Crippen molar-refractivity contribution in [1.82, 2.24) is 4.90 Å². The minimum Gasteiger partial charge on any atom is -0.497 e. The van der Waals surface area contributed by atoms with Gasteiger partial charge in [-0.15, -0.1) is 0 Å². The van der Waals surface area contributed by atoms with Gasteiger partial charge in [0, 0.05) is 19.2 Å². The molecule has 1 aromatic rings. The second-order valence-electron chi connectivity index (χ2n) is 7.26. The summed E-state index contributed by atoms with van der Waals surface area (Å²) in [4.78, 5) is 14.8. The zero-order chi connectivity index (χ0) is 17.2. The van der Waals surface area contributed by atoms with Crippen LogP contribution in [0, 0.1) is 5.92 Å². The Morgan fingerprint density at radius 2 is 2.12 bits per heavy atom. The van der Waals surface area contributed by atoms with Crippen LogP contribution in [0.3, 0.4) is 0 Å². The van der Waals surface area contributed by atoms with E-state index in [-0.39, 0.29) is 5.91 Å². The van der Waals surface area contributed by atoms with Crippen LogP contribution in [-0.4, -0.2) is 48.3 Å². The van der Waals surface area contributed by atoms with Gasteiger partial charge in [-0.25, -0.2) is 0 Å². The molecule has 1 saturated heterocycles. The van der Waals surface area contributed by atoms with Gasteiger partial charge in [0.05, 0.1) is 24.9 Å². The van der Waals surface area contributed by atoms with E-state index in [0.717, 1.165) is 12.8 Å². The van der Waals surface area contributed by atoms with Crippen molar-refractivity contribution in [2.24, 2.45) is 5.92 Å². The molecular formula is C19H27NO4. The average Bonchev–Trinajstić information content (AvgIpc) is 3.40. The number of carbonyl (C=O) groups excluding carboxylic acids is 1. The van der Waals surface area contributed by atoms with E-state index < -0.39 is 5.60 Å². The molecule has 1 aliphatic carbocycles. The van der Waals surface area contributed by atoms with E-state index in [1.165, 1.54) is 12.8 Å². The number of carbonyl (C=O) groups is 1. The Morgan fingerprint density at radius 1 is 1.33 bits per heavy atom. The van der Waals surface area contributed by atoms with Gasteiger partial charge in [-0.3, -0.25) is 4.79 Å². The SMILES string of the molecule is COc1ccc(C(=O)N2CCCC(C)(O)CC2)c(OCC2CC2)c1. The van der Waals surface area contributed by atoms with E-state index in [9.17, 15) is 9.90 Å². The van der Waals surface area contributed by atoms with Crippen molar-refractivity contribution in [1.29, 1.82) is 0 Å². The number of hydrogen-bond donors (Lipinski definition) is 1. The molecular weight excluding hydrogens is 306 g/mol.